The second kappa shape index (κ2) is 8.81. The lowest BCUT2D eigenvalue weighted by Gasteiger charge is -2.72. The van der Waals surface area contributed by atoms with E-state index in [9.17, 15) is 15.0 Å². The van der Waals surface area contributed by atoms with Gasteiger partial charge < -0.3 is 10.2 Å². The molecule has 0 spiro atoms. The summed E-state index contributed by atoms with van der Waals surface area (Å²) in [5.74, 6) is 2.28. The topological polar surface area (TPSA) is 57.5 Å². The standard InChI is InChI=1S/C35H50O3S/c1-21(2)22-12-17-35(20-36)19-18-33(6)24(29(22)35)8-11-28-32(5)15-13-23(25-9-10-26(39-25)30(37)38)31(3,4)27(32)14-16-34(28,33)7/h9-10,13,22,24,27-29,36H,1,8,11-12,14-20H2,2-7H3,(H,37,38)/t22-,24+,27-,28?,29+,32-,33+,34+,35+/m0/s1. The van der Waals surface area contributed by atoms with Crippen molar-refractivity contribution in [1.82, 2.24) is 0 Å². The highest BCUT2D eigenvalue weighted by atomic mass is 32.1. The smallest absolute Gasteiger partial charge is 0.345 e. The Labute approximate surface area is 240 Å². The molecule has 1 unspecified atom stereocenters. The number of aliphatic hydroxyl groups excluding tert-OH is 1. The average molecular weight is 551 g/mol. The zero-order valence-electron chi connectivity index (χ0n) is 25.1. The zero-order chi connectivity index (χ0) is 28.2. The maximum Gasteiger partial charge on any atom is 0.345 e. The Morgan fingerprint density at radius 3 is 2.36 bits per heavy atom. The Morgan fingerprint density at radius 2 is 1.72 bits per heavy atom. The number of aliphatic hydroxyl groups is 1. The molecule has 0 saturated heterocycles. The summed E-state index contributed by atoms with van der Waals surface area (Å²) in [5.41, 5.74) is 3.67. The van der Waals surface area contributed by atoms with Gasteiger partial charge in [-0.1, -0.05) is 52.8 Å². The number of aromatic carboxylic acids is 1. The molecule has 1 aromatic rings. The molecule has 0 amide bonds. The number of thiophene rings is 1. The molecular formula is C35H50O3S. The number of allylic oxidation sites excluding steroid dienone is 3. The Balaban J connectivity index is 1.37. The van der Waals surface area contributed by atoms with E-state index in [1.165, 1.54) is 73.8 Å². The molecule has 4 fully saturated rings. The number of rotatable bonds is 4. The van der Waals surface area contributed by atoms with Crippen molar-refractivity contribution in [2.24, 2.45) is 56.7 Å². The highest BCUT2D eigenvalue weighted by Gasteiger charge is 2.70. The van der Waals surface area contributed by atoms with Crippen molar-refractivity contribution in [3.8, 4) is 0 Å². The third kappa shape index (κ3) is 3.52. The largest absolute Gasteiger partial charge is 0.477 e. The van der Waals surface area contributed by atoms with Crippen LogP contribution in [0.5, 0.6) is 0 Å². The van der Waals surface area contributed by atoms with E-state index in [1.807, 2.05) is 6.07 Å². The van der Waals surface area contributed by atoms with E-state index >= 15 is 0 Å². The lowest BCUT2D eigenvalue weighted by molar-refractivity contribution is -0.228. The molecule has 1 aromatic heterocycles. The number of fused-ring (bicyclic) bond motifs is 7. The first-order valence-corrected chi connectivity index (χ1v) is 16.4. The van der Waals surface area contributed by atoms with E-state index in [2.05, 4.69) is 54.2 Å². The summed E-state index contributed by atoms with van der Waals surface area (Å²) in [6.07, 6.45) is 13.5. The van der Waals surface area contributed by atoms with Gasteiger partial charge >= 0.3 is 5.97 Å². The van der Waals surface area contributed by atoms with Crippen LogP contribution >= 0.6 is 11.3 Å². The van der Waals surface area contributed by atoms with Gasteiger partial charge in [0.05, 0.1) is 0 Å². The number of hydrogen-bond donors (Lipinski definition) is 2. The molecular weight excluding hydrogens is 500 g/mol. The summed E-state index contributed by atoms with van der Waals surface area (Å²) in [7, 11) is 0. The number of hydrogen-bond acceptors (Lipinski definition) is 3. The van der Waals surface area contributed by atoms with Crippen molar-refractivity contribution < 1.29 is 15.0 Å². The van der Waals surface area contributed by atoms with E-state index in [0.29, 0.717) is 51.9 Å². The van der Waals surface area contributed by atoms with Gasteiger partial charge in [-0.25, -0.2) is 4.79 Å². The number of carboxylic acids is 1. The molecule has 5 aliphatic carbocycles. The normalized spacial score (nSPS) is 46.3. The molecule has 6 rings (SSSR count). The minimum atomic E-state index is -0.822. The fourth-order valence-electron chi connectivity index (χ4n) is 12.2. The quantitative estimate of drug-likeness (QED) is 0.368. The number of carboxylic acid groups (broad SMARTS) is 1. The van der Waals surface area contributed by atoms with Crippen molar-refractivity contribution in [2.45, 2.75) is 99.3 Å². The Hall–Kier alpha value is -1.39. The van der Waals surface area contributed by atoms with Crippen LogP contribution in [0.4, 0.5) is 0 Å². The maximum absolute atomic E-state index is 11.6. The fourth-order valence-corrected chi connectivity index (χ4v) is 13.2. The fraction of sp³-hybridized carbons (Fsp3) is 0.743. The zero-order valence-corrected chi connectivity index (χ0v) is 25.9. The van der Waals surface area contributed by atoms with Crippen molar-refractivity contribution in [3.63, 3.8) is 0 Å². The molecule has 0 aromatic carbocycles. The van der Waals surface area contributed by atoms with Crippen LogP contribution in [0.15, 0.2) is 30.4 Å². The first-order valence-electron chi connectivity index (χ1n) is 15.6. The van der Waals surface area contributed by atoms with Crippen LogP contribution in [0.3, 0.4) is 0 Å². The van der Waals surface area contributed by atoms with Crippen molar-refractivity contribution >= 4 is 22.9 Å². The average Bonchev–Trinajstić information content (AvgIpc) is 3.50. The summed E-state index contributed by atoms with van der Waals surface area (Å²) in [5, 5.41) is 20.3. The highest BCUT2D eigenvalue weighted by Crippen LogP contribution is 2.77. The molecule has 5 aliphatic rings. The molecule has 9 atom stereocenters. The molecule has 4 heteroatoms. The van der Waals surface area contributed by atoms with Gasteiger partial charge in [0.1, 0.15) is 4.88 Å². The minimum absolute atomic E-state index is 0.0157. The van der Waals surface area contributed by atoms with Crippen LogP contribution in [0.25, 0.3) is 5.57 Å². The molecule has 3 nitrogen and oxygen atoms in total. The number of carbonyl (C=O) groups is 1. The Bertz CT molecular complexity index is 1220. The van der Waals surface area contributed by atoms with E-state index < -0.39 is 5.97 Å². The maximum atomic E-state index is 11.6. The van der Waals surface area contributed by atoms with Gasteiger partial charge in [0.2, 0.25) is 0 Å². The monoisotopic (exact) mass is 550 g/mol. The van der Waals surface area contributed by atoms with Crippen LogP contribution in [-0.2, 0) is 0 Å². The molecule has 0 bridgehead atoms. The second-order valence-electron chi connectivity index (χ2n) is 15.7. The third-order valence-corrected chi connectivity index (χ3v) is 15.3. The van der Waals surface area contributed by atoms with Crippen molar-refractivity contribution in [1.29, 1.82) is 0 Å². The van der Waals surface area contributed by atoms with Gasteiger partial charge in [0.15, 0.2) is 0 Å². The predicted molar refractivity (Wildman–Crippen MR) is 161 cm³/mol. The third-order valence-electron chi connectivity index (χ3n) is 14.2. The van der Waals surface area contributed by atoms with Gasteiger partial charge in [-0.3, -0.25) is 0 Å². The summed E-state index contributed by atoms with van der Waals surface area (Å²) in [4.78, 5) is 13.2. The lowest BCUT2D eigenvalue weighted by Crippen LogP contribution is -2.65. The molecule has 39 heavy (non-hydrogen) atoms. The van der Waals surface area contributed by atoms with E-state index in [-0.39, 0.29) is 16.2 Å². The van der Waals surface area contributed by atoms with Crippen LogP contribution < -0.4 is 0 Å². The van der Waals surface area contributed by atoms with Gasteiger partial charge in [-0.15, -0.1) is 11.3 Å². The van der Waals surface area contributed by atoms with E-state index in [0.717, 1.165) is 11.3 Å². The molecule has 4 saturated carbocycles. The summed E-state index contributed by atoms with van der Waals surface area (Å²) >= 11 is 1.44. The lowest BCUT2D eigenvalue weighted by atomic mass is 9.32. The van der Waals surface area contributed by atoms with Gasteiger partial charge in [-0.05, 0) is 139 Å². The minimum Gasteiger partial charge on any atom is -0.477 e. The SMILES string of the molecule is C=C(C)[C@@H]1CC[C@]2(CO)CC[C@]3(C)[C@H](CCC4[C@@]5(C)CC=C(c6ccc(C(=O)O)s6)C(C)(C)[C@@H]5CC[C@]43C)[C@@H]12. The molecule has 0 aliphatic heterocycles. The Kier molecular flexibility index (Phi) is 6.27. The summed E-state index contributed by atoms with van der Waals surface area (Å²) in [6, 6.07) is 3.82. The van der Waals surface area contributed by atoms with E-state index in [1.54, 1.807) is 6.07 Å². The van der Waals surface area contributed by atoms with Gasteiger partial charge in [-0.2, -0.15) is 0 Å². The van der Waals surface area contributed by atoms with Crippen LogP contribution in [0, 0.1) is 56.7 Å². The summed E-state index contributed by atoms with van der Waals surface area (Å²) in [6.45, 7) is 19.9. The first-order chi connectivity index (χ1) is 18.2. The molecule has 0 radical (unpaired) electrons. The predicted octanol–water partition coefficient (Wildman–Crippen LogP) is 9.09. The molecule has 214 valence electrons. The summed E-state index contributed by atoms with van der Waals surface area (Å²) < 4.78 is 0. The van der Waals surface area contributed by atoms with Crippen molar-refractivity contribution in [3.05, 3.63) is 40.1 Å². The van der Waals surface area contributed by atoms with Crippen LogP contribution in [0.1, 0.15) is 114 Å². The first kappa shape index (κ1) is 27.8. The Morgan fingerprint density at radius 1 is 0.974 bits per heavy atom. The second-order valence-corrected chi connectivity index (χ2v) is 16.8. The van der Waals surface area contributed by atoms with Crippen LogP contribution in [-0.4, -0.2) is 22.8 Å². The van der Waals surface area contributed by atoms with E-state index in [4.69, 9.17) is 0 Å². The van der Waals surface area contributed by atoms with Crippen LogP contribution in [0.2, 0.25) is 0 Å². The molecule has 2 N–H and O–H groups in total. The molecule has 1 heterocycles. The van der Waals surface area contributed by atoms with Crippen molar-refractivity contribution in [2.75, 3.05) is 6.61 Å². The van der Waals surface area contributed by atoms with Gasteiger partial charge in [0, 0.05) is 11.5 Å². The highest BCUT2D eigenvalue weighted by molar-refractivity contribution is 7.15. The van der Waals surface area contributed by atoms with Gasteiger partial charge in [0.25, 0.3) is 0 Å².